The van der Waals surface area contributed by atoms with Gasteiger partial charge >= 0.3 is 5.97 Å². The first-order valence-electron chi connectivity index (χ1n) is 11.6. The van der Waals surface area contributed by atoms with Crippen molar-refractivity contribution in [2.45, 2.75) is 53.1 Å². The molecule has 0 bridgehead atoms. The normalized spacial score (nSPS) is 11.9. The lowest BCUT2D eigenvalue weighted by Gasteiger charge is -2.21. The molecule has 2 aromatic carbocycles. The van der Waals surface area contributed by atoms with Gasteiger partial charge in [0.1, 0.15) is 10.8 Å². The van der Waals surface area contributed by atoms with Gasteiger partial charge in [0, 0.05) is 19.9 Å². The second-order valence-corrected chi connectivity index (χ2v) is 11.5. The number of aromatic nitrogens is 2. The quantitative estimate of drug-likeness (QED) is 0.203. The Bertz CT molecular complexity index is 1410. The van der Waals surface area contributed by atoms with Crippen LogP contribution in [0.1, 0.15) is 52.9 Å². The van der Waals surface area contributed by atoms with Crippen LogP contribution in [0, 0.1) is 0 Å². The van der Waals surface area contributed by atoms with Crippen LogP contribution >= 0.6 is 43.5 Å². The summed E-state index contributed by atoms with van der Waals surface area (Å²) < 4.78 is 19.0. The number of esters is 1. The highest BCUT2D eigenvalue weighted by molar-refractivity contribution is 9.10. The van der Waals surface area contributed by atoms with E-state index in [2.05, 4.69) is 37.0 Å². The molecule has 0 aliphatic heterocycles. The zero-order chi connectivity index (χ0) is 27.5. The Kier molecular flexibility index (Phi) is 9.42. The van der Waals surface area contributed by atoms with Crippen molar-refractivity contribution in [3.05, 3.63) is 60.0 Å². The molecule has 0 saturated carbocycles. The van der Waals surface area contributed by atoms with E-state index in [1.165, 1.54) is 10.9 Å². The molecule has 0 atom stereocenters. The van der Waals surface area contributed by atoms with Crippen molar-refractivity contribution >= 4 is 66.5 Å². The number of carbonyl (C=O) groups excluding carboxylic acids is 1. The highest BCUT2D eigenvalue weighted by Gasteiger charge is 2.24. The first-order valence-corrected chi connectivity index (χ1v) is 13.5. The Hall–Kier alpha value is -2.43. The number of halogens is 3. The van der Waals surface area contributed by atoms with Gasteiger partial charge in [-0.3, -0.25) is 4.79 Å². The van der Waals surface area contributed by atoms with Gasteiger partial charge in [0.2, 0.25) is 0 Å². The minimum atomic E-state index is -0.528. The third-order valence-corrected chi connectivity index (χ3v) is 6.89. The van der Waals surface area contributed by atoms with Crippen LogP contribution in [-0.4, -0.2) is 41.2 Å². The van der Waals surface area contributed by atoms with E-state index in [1.807, 2.05) is 33.8 Å². The molecule has 0 aliphatic rings. The minimum Gasteiger partial charge on any atom is -0.490 e. The maximum absolute atomic E-state index is 13.4. The highest BCUT2D eigenvalue weighted by Crippen LogP contribution is 2.42. The van der Waals surface area contributed by atoms with Crippen molar-refractivity contribution in [1.29, 1.82) is 0 Å². The van der Waals surface area contributed by atoms with Gasteiger partial charge in [0.05, 0.1) is 29.8 Å². The molecule has 0 amide bonds. The zero-order valence-electron chi connectivity index (χ0n) is 21.4. The van der Waals surface area contributed by atoms with Gasteiger partial charge in [-0.1, -0.05) is 48.3 Å². The average Bonchev–Trinajstić information content (AvgIpc) is 2.80. The van der Waals surface area contributed by atoms with E-state index < -0.39 is 11.4 Å². The van der Waals surface area contributed by atoms with Crippen molar-refractivity contribution < 1.29 is 19.0 Å². The van der Waals surface area contributed by atoms with Crippen molar-refractivity contribution in [1.82, 2.24) is 9.66 Å². The van der Waals surface area contributed by atoms with Crippen LogP contribution in [-0.2, 0) is 14.9 Å². The molecule has 0 spiro atoms. The fourth-order valence-electron chi connectivity index (χ4n) is 3.39. The molecule has 3 rings (SSSR count). The van der Waals surface area contributed by atoms with Crippen molar-refractivity contribution in [2.75, 3.05) is 13.2 Å². The van der Waals surface area contributed by atoms with E-state index in [-0.39, 0.29) is 29.0 Å². The SMILES string of the molecule is CCOc1cc(C=Nn2c(C(C)(C)C)nc3ccc(Br)cc3c2=O)c(Br)c(Cl)c1OCC(=O)OC(C)C. The van der Waals surface area contributed by atoms with Crippen LogP contribution in [0.3, 0.4) is 0 Å². The van der Waals surface area contributed by atoms with Crippen LogP contribution in [0.5, 0.6) is 11.5 Å². The standard InChI is InChI=1S/C26H28Br2ClN3O5/c1-7-35-19-10-15(21(28)22(29)23(19)36-13-20(33)37-14(2)3)12-30-32-24(34)17-11-16(27)8-9-18(17)31-25(32)26(4,5)6/h8-12,14H,7,13H2,1-6H3. The van der Waals surface area contributed by atoms with Crippen LogP contribution in [0.25, 0.3) is 10.9 Å². The summed E-state index contributed by atoms with van der Waals surface area (Å²) in [6, 6.07) is 7.03. The van der Waals surface area contributed by atoms with Gasteiger partial charge < -0.3 is 14.2 Å². The summed E-state index contributed by atoms with van der Waals surface area (Å²) in [5.41, 5.74) is 0.353. The summed E-state index contributed by atoms with van der Waals surface area (Å²) in [6.45, 7) is 11.2. The first kappa shape index (κ1) is 29.1. The van der Waals surface area contributed by atoms with Crippen molar-refractivity contribution in [3.8, 4) is 11.5 Å². The molecule has 1 heterocycles. The number of ether oxygens (including phenoxy) is 3. The van der Waals surface area contributed by atoms with E-state index in [4.69, 9.17) is 30.8 Å². The molecule has 37 heavy (non-hydrogen) atoms. The van der Waals surface area contributed by atoms with E-state index in [1.54, 1.807) is 32.0 Å². The summed E-state index contributed by atoms with van der Waals surface area (Å²) in [7, 11) is 0. The number of nitrogens with zero attached hydrogens (tertiary/aromatic N) is 3. The van der Waals surface area contributed by atoms with Crippen LogP contribution in [0.15, 0.2) is 43.1 Å². The number of benzene rings is 2. The van der Waals surface area contributed by atoms with Crippen LogP contribution < -0.4 is 15.0 Å². The number of hydrogen-bond donors (Lipinski definition) is 0. The van der Waals surface area contributed by atoms with Gasteiger partial charge in [-0.15, -0.1) is 0 Å². The number of hydrogen-bond acceptors (Lipinski definition) is 7. The van der Waals surface area contributed by atoms with Crippen molar-refractivity contribution in [3.63, 3.8) is 0 Å². The van der Waals surface area contributed by atoms with Gasteiger partial charge in [-0.2, -0.15) is 9.78 Å². The molecule has 0 saturated heterocycles. The fourth-order valence-corrected chi connectivity index (χ4v) is 4.40. The zero-order valence-corrected chi connectivity index (χ0v) is 25.3. The molecule has 0 N–H and O–H groups in total. The third kappa shape index (κ3) is 6.91. The van der Waals surface area contributed by atoms with E-state index >= 15 is 0 Å². The lowest BCUT2D eigenvalue weighted by atomic mass is 9.95. The average molecular weight is 658 g/mol. The van der Waals surface area contributed by atoms with Crippen LogP contribution in [0.4, 0.5) is 0 Å². The lowest BCUT2D eigenvalue weighted by molar-refractivity contribution is -0.149. The molecule has 0 radical (unpaired) electrons. The second-order valence-electron chi connectivity index (χ2n) is 9.39. The van der Waals surface area contributed by atoms with E-state index in [9.17, 15) is 9.59 Å². The molecule has 198 valence electrons. The van der Waals surface area contributed by atoms with E-state index in [0.29, 0.717) is 39.1 Å². The summed E-state index contributed by atoms with van der Waals surface area (Å²) in [5, 5.41) is 5.13. The maximum Gasteiger partial charge on any atom is 0.344 e. The highest BCUT2D eigenvalue weighted by atomic mass is 79.9. The number of carbonyl (C=O) groups is 1. The van der Waals surface area contributed by atoms with Crippen molar-refractivity contribution in [2.24, 2.45) is 5.10 Å². The summed E-state index contributed by atoms with van der Waals surface area (Å²) in [4.78, 5) is 30.1. The lowest BCUT2D eigenvalue weighted by Crippen LogP contribution is -2.29. The van der Waals surface area contributed by atoms with Gasteiger partial charge in [-0.25, -0.2) is 9.78 Å². The predicted molar refractivity (Wildman–Crippen MR) is 152 cm³/mol. The molecular formula is C26H28Br2ClN3O5. The monoisotopic (exact) mass is 655 g/mol. The number of rotatable bonds is 8. The Balaban J connectivity index is 2.09. The molecule has 3 aromatic rings. The third-order valence-electron chi connectivity index (χ3n) is 4.95. The Morgan fingerprint density at radius 3 is 2.54 bits per heavy atom. The number of fused-ring (bicyclic) bond motifs is 1. The topological polar surface area (TPSA) is 92.0 Å². The van der Waals surface area contributed by atoms with Crippen LogP contribution in [0.2, 0.25) is 5.02 Å². The maximum atomic E-state index is 13.4. The molecular weight excluding hydrogens is 630 g/mol. The first-order chi connectivity index (χ1) is 17.3. The second kappa shape index (κ2) is 12.0. The molecule has 0 unspecified atom stereocenters. The van der Waals surface area contributed by atoms with Gasteiger partial charge in [0.25, 0.3) is 5.56 Å². The smallest absolute Gasteiger partial charge is 0.344 e. The Morgan fingerprint density at radius 1 is 1.22 bits per heavy atom. The molecule has 0 fully saturated rings. The fraction of sp³-hybridized carbons (Fsp3) is 0.385. The Labute approximate surface area is 237 Å². The van der Waals surface area contributed by atoms with Gasteiger partial charge in [-0.05, 0) is 61.0 Å². The largest absolute Gasteiger partial charge is 0.490 e. The summed E-state index contributed by atoms with van der Waals surface area (Å²) in [6.07, 6.45) is 1.23. The van der Waals surface area contributed by atoms with E-state index in [0.717, 1.165) is 4.47 Å². The molecule has 11 heteroatoms. The van der Waals surface area contributed by atoms with Gasteiger partial charge in [0.15, 0.2) is 18.1 Å². The predicted octanol–water partition coefficient (Wildman–Crippen LogP) is 6.48. The Morgan fingerprint density at radius 2 is 1.92 bits per heavy atom. The molecule has 1 aromatic heterocycles. The summed E-state index contributed by atoms with van der Waals surface area (Å²) in [5.74, 6) is 0.482. The molecule has 8 nitrogen and oxygen atoms in total. The molecule has 0 aliphatic carbocycles. The summed E-state index contributed by atoms with van der Waals surface area (Å²) >= 11 is 13.5. The minimum absolute atomic E-state index is 0.189.